The lowest BCUT2D eigenvalue weighted by Crippen LogP contribution is -2.41. The maximum absolute atomic E-state index is 14.4. The lowest BCUT2D eigenvalue weighted by atomic mass is 10.1. The fourth-order valence-corrected chi connectivity index (χ4v) is 3.32. The molecule has 0 fully saturated rings. The Bertz CT molecular complexity index is 971. The van der Waals surface area contributed by atoms with Crippen molar-refractivity contribution in [3.8, 4) is 5.75 Å². The van der Waals surface area contributed by atoms with E-state index in [0.29, 0.717) is 11.6 Å². The van der Waals surface area contributed by atoms with Crippen molar-refractivity contribution in [2.24, 2.45) is 0 Å². The molecule has 0 saturated heterocycles. The van der Waals surface area contributed by atoms with E-state index in [-0.39, 0.29) is 23.0 Å². The van der Waals surface area contributed by atoms with Gasteiger partial charge in [-0.2, -0.15) is 0 Å². The maximum Gasteiger partial charge on any atom is 0.269 e. The standard InChI is InChI=1S/C23H22ClFN2O2/c1-15-11-16(2)13-18(12-15)29-17(3)23(28)27(22-9-4-5-10-26-22)14-19-20(24)7-6-8-21(19)25/h4-13,17H,14H2,1-3H3/t17-/m0/s1. The highest BCUT2D eigenvalue weighted by molar-refractivity contribution is 6.31. The first kappa shape index (κ1) is 20.8. The average Bonchev–Trinajstić information content (AvgIpc) is 2.67. The minimum Gasteiger partial charge on any atom is -0.481 e. The SMILES string of the molecule is Cc1cc(C)cc(O[C@@H](C)C(=O)N(Cc2c(F)cccc2Cl)c2ccccn2)c1. The minimum atomic E-state index is -0.802. The van der Waals surface area contributed by atoms with Crippen molar-refractivity contribution in [3.05, 3.63) is 88.3 Å². The van der Waals surface area contributed by atoms with Gasteiger partial charge in [0.25, 0.3) is 5.91 Å². The number of benzene rings is 2. The van der Waals surface area contributed by atoms with Gasteiger partial charge in [-0.15, -0.1) is 0 Å². The van der Waals surface area contributed by atoms with Crippen LogP contribution in [0.25, 0.3) is 0 Å². The van der Waals surface area contributed by atoms with Gasteiger partial charge in [0.2, 0.25) is 0 Å². The molecule has 0 unspecified atom stereocenters. The molecule has 0 aliphatic rings. The number of rotatable bonds is 6. The summed E-state index contributed by atoms with van der Waals surface area (Å²) < 4.78 is 20.2. The van der Waals surface area contributed by atoms with Gasteiger partial charge in [-0.05, 0) is 68.3 Å². The fraction of sp³-hybridized carbons (Fsp3) is 0.217. The summed E-state index contributed by atoms with van der Waals surface area (Å²) in [6.45, 7) is 5.54. The first-order chi connectivity index (χ1) is 13.8. The normalized spacial score (nSPS) is 11.8. The van der Waals surface area contributed by atoms with E-state index in [4.69, 9.17) is 16.3 Å². The smallest absolute Gasteiger partial charge is 0.269 e. The number of ether oxygens (including phenoxy) is 1. The largest absolute Gasteiger partial charge is 0.481 e. The van der Waals surface area contributed by atoms with Gasteiger partial charge in [0, 0.05) is 16.8 Å². The molecule has 1 amide bonds. The Labute approximate surface area is 174 Å². The topological polar surface area (TPSA) is 42.4 Å². The van der Waals surface area contributed by atoms with Crippen LogP contribution in [0.1, 0.15) is 23.6 Å². The molecule has 1 heterocycles. The van der Waals surface area contributed by atoms with Crippen LogP contribution in [0.4, 0.5) is 10.2 Å². The minimum absolute atomic E-state index is 0.0537. The summed E-state index contributed by atoms with van der Waals surface area (Å²) in [5.74, 6) is 0.178. The Morgan fingerprint density at radius 2 is 1.86 bits per heavy atom. The number of hydrogen-bond donors (Lipinski definition) is 0. The Morgan fingerprint density at radius 3 is 2.48 bits per heavy atom. The monoisotopic (exact) mass is 412 g/mol. The highest BCUT2D eigenvalue weighted by Crippen LogP contribution is 2.25. The summed E-state index contributed by atoms with van der Waals surface area (Å²) in [6, 6.07) is 15.4. The van der Waals surface area contributed by atoms with Crippen LogP contribution in [-0.2, 0) is 11.3 Å². The third-order valence-electron chi connectivity index (χ3n) is 4.43. The van der Waals surface area contributed by atoms with E-state index in [9.17, 15) is 9.18 Å². The number of halogens is 2. The molecule has 0 bridgehead atoms. The number of nitrogens with zero attached hydrogens (tertiary/aromatic N) is 2. The second kappa shape index (κ2) is 9.05. The van der Waals surface area contributed by atoms with E-state index in [1.54, 1.807) is 37.4 Å². The number of anilines is 1. The lowest BCUT2D eigenvalue weighted by Gasteiger charge is -2.26. The molecule has 0 radical (unpaired) electrons. The fourth-order valence-electron chi connectivity index (χ4n) is 3.10. The summed E-state index contributed by atoms with van der Waals surface area (Å²) in [5, 5.41) is 0.251. The Kier molecular flexibility index (Phi) is 6.49. The molecule has 6 heteroatoms. The van der Waals surface area contributed by atoms with Gasteiger partial charge < -0.3 is 4.74 Å². The quantitative estimate of drug-likeness (QED) is 0.537. The molecule has 29 heavy (non-hydrogen) atoms. The summed E-state index contributed by atoms with van der Waals surface area (Å²) in [5.41, 5.74) is 2.31. The number of carbonyl (C=O) groups is 1. The highest BCUT2D eigenvalue weighted by atomic mass is 35.5. The van der Waals surface area contributed by atoms with Crippen LogP contribution in [0.15, 0.2) is 60.8 Å². The third kappa shape index (κ3) is 5.12. The van der Waals surface area contributed by atoms with Gasteiger partial charge in [0.05, 0.1) is 6.54 Å². The number of carbonyl (C=O) groups excluding carboxylic acids is 1. The van der Waals surface area contributed by atoms with Crippen LogP contribution in [0.2, 0.25) is 5.02 Å². The van der Waals surface area contributed by atoms with E-state index in [1.807, 2.05) is 32.0 Å². The second-order valence-corrected chi connectivity index (χ2v) is 7.30. The zero-order valence-electron chi connectivity index (χ0n) is 16.5. The molecule has 0 spiro atoms. The molecular formula is C23H22ClFN2O2. The van der Waals surface area contributed by atoms with E-state index in [0.717, 1.165) is 11.1 Å². The van der Waals surface area contributed by atoms with Crippen molar-refractivity contribution in [2.45, 2.75) is 33.4 Å². The molecule has 2 aromatic carbocycles. The van der Waals surface area contributed by atoms with E-state index in [1.165, 1.54) is 17.0 Å². The predicted octanol–water partition coefficient (Wildman–Crippen LogP) is 5.49. The Balaban J connectivity index is 1.90. The van der Waals surface area contributed by atoms with Gasteiger partial charge in [-0.1, -0.05) is 29.8 Å². The number of pyridine rings is 1. The third-order valence-corrected chi connectivity index (χ3v) is 4.78. The van der Waals surface area contributed by atoms with Crippen molar-refractivity contribution >= 4 is 23.3 Å². The van der Waals surface area contributed by atoms with Crippen LogP contribution in [0.5, 0.6) is 5.75 Å². The second-order valence-electron chi connectivity index (χ2n) is 6.90. The van der Waals surface area contributed by atoms with Crippen molar-refractivity contribution in [1.29, 1.82) is 0 Å². The summed E-state index contributed by atoms with van der Waals surface area (Å²) >= 11 is 6.18. The van der Waals surface area contributed by atoms with Crippen molar-refractivity contribution in [3.63, 3.8) is 0 Å². The number of hydrogen-bond acceptors (Lipinski definition) is 3. The summed E-state index contributed by atoms with van der Waals surface area (Å²) in [4.78, 5) is 18.9. The van der Waals surface area contributed by atoms with Gasteiger partial charge in [0.1, 0.15) is 17.4 Å². The number of aryl methyl sites for hydroxylation is 2. The first-order valence-electron chi connectivity index (χ1n) is 9.25. The van der Waals surface area contributed by atoms with Crippen LogP contribution in [0.3, 0.4) is 0 Å². The molecule has 0 aliphatic heterocycles. The molecule has 0 saturated carbocycles. The number of aromatic nitrogens is 1. The van der Waals surface area contributed by atoms with Gasteiger partial charge in [-0.25, -0.2) is 9.37 Å². The summed E-state index contributed by atoms with van der Waals surface area (Å²) in [7, 11) is 0. The zero-order chi connectivity index (χ0) is 21.0. The molecule has 150 valence electrons. The molecular weight excluding hydrogens is 391 g/mol. The predicted molar refractivity (Wildman–Crippen MR) is 113 cm³/mol. The molecule has 1 atom stereocenters. The van der Waals surface area contributed by atoms with Crippen LogP contribution in [0, 0.1) is 19.7 Å². The summed E-state index contributed by atoms with van der Waals surface area (Å²) in [6.07, 6.45) is 0.775. The Morgan fingerprint density at radius 1 is 1.14 bits per heavy atom. The Hall–Kier alpha value is -2.92. The van der Waals surface area contributed by atoms with Crippen molar-refractivity contribution in [1.82, 2.24) is 4.98 Å². The van der Waals surface area contributed by atoms with Crippen molar-refractivity contribution < 1.29 is 13.9 Å². The van der Waals surface area contributed by atoms with Crippen LogP contribution < -0.4 is 9.64 Å². The van der Waals surface area contributed by atoms with Crippen molar-refractivity contribution in [2.75, 3.05) is 4.90 Å². The van der Waals surface area contributed by atoms with Gasteiger partial charge >= 0.3 is 0 Å². The van der Waals surface area contributed by atoms with Gasteiger partial charge in [0.15, 0.2) is 6.10 Å². The molecule has 3 rings (SSSR count). The van der Waals surface area contributed by atoms with Crippen LogP contribution >= 0.6 is 11.6 Å². The van der Waals surface area contributed by atoms with E-state index >= 15 is 0 Å². The average molecular weight is 413 g/mol. The molecule has 0 aliphatic carbocycles. The lowest BCUT2D eigenvalue weighted by molar-refractivity contribution is -0.124. The molecule has 1 aromatic heterocycles. The molecule has 3 aromatic rings. The van der Waals surface area contributed by atoms with Crippen LogP contribution in [-0.4, -0.2) is 17.0 Å². The van der Waals surface area contributed by atoms with E-state index < -0.39 is 11.9 Å². The molecule has 0 N–H and O–H groups in total. The zero-order valence-corrected chi connectivity index (χ0v) is 17.3. The molecule has 4 nitrogen and oxygen atoms in total. The first-order valence-corrected chi connectivity index (χ1v) is 9.63. The maximum atomic E-state index is 14.4. The van der Waals surface area contributed by atoms with E-state index in [2.05, 4.69) is 4.98 Å². The van der Waals surface area contributed by atoms with Gasteiger partial charge in [-0.3, -0.25) is 9.69 Å². The highest BCUT2D eigenvalue weighted by Gasteiger charge is 2.26. The number of amides is 1.